The molecule has 3 nitrogen and oxygen atoms in total. The molecular formula is C18H23NO2. The molecule has 0 aromatic heterocycles. The Bertz CT molecular complexity index is 542. The lowest BCUT2D eigenvalue weighted by atomic mass is 10.1. The zero-order valence-corrected chi connectivity index (χ0v) is 12.6. The first-order chi connectivity index (χ1) is 10.2. The normalized spacial score (nSPS) is 18.6. The van der Waals surface area contributed by atoms with Crippen molar-refractivity contribution in [2.24, 2.45) is 0 Å². The molecule has 1 aromatic rings. The zero-order valence-electron chi connectivity index (χ0n) is 12.6. The average Bonchev–Trinajstić information content (AvgIpc) is 2.72. The third-order valence-corrected chi connectivity index (χ3v) is 3.89. The van der Waals surface area contributed by atoms with Crippen molar-refractivity contribution in [1.82, 2.24) is 4.90 Å². The third-order valence-electron chi connectivity index (χ3n) is 3.89. The van der Waals surface area contributed by atoms with Gasteiger partial charge >= 0.3 is 0 Å². The van der Waals surface area contributed by atoms with Crippen molar-refractivity contribution in [3.05, 3.63) is 35.4 Å². The van der Waals surface area contributed by atoms with E-state index in [2.05, 4.69) is 18.8 Å². The number of carbonyl (C=O) groups excluding carboxylic acids is 1. The summed E-state index contributed by atoms with van der Waals surface area (Å²) in [6.07, 6.45) is 5.05. The molecule has 1 amide bonds. The molecule has 0 radical (unpaired) electrons. The summed E-state index contributed by atoms with van der Waals surface area (Å²) in [5, 5.41) is 8.75. The Morgan fingerprint density at radius 2 is 2.24 bits per heavy atom. The molecule has 0 bridgehead atoms. The number of likely N-dealkylation sites (tertiary alicyclic amines) is 1. The van der Waals surface area contributed by atoms with Crippen molar-refractivity contribution in [2.45, 2.75) is 45.1 Å². The largest absolute Gasteiger partial charge is 0.395 e. The van der Waals surface area contributed by atoms with Gasteiger partial charge in [-0.3, -0.25) is 4.79 Å². The van der Waals surface area contributed by atoms with Gasteiger partial charge in [-0.15, -0.1) is 0 Å². The molecule has 1 unspecified atom stereocenters. The predicted molar refractivity (Wildman–Crippen MR) is 84.0 cm³/mol. The SMILES string of the molecule is CC1CCCCCN1C(=O)c1cccc(C#CCCO)c1. The van der Waals surface area contributed by atoms with Crippen molar-refractivity contribution in [3.63, 3.8) is 0 Å². The van der Waals surface area contributed by atoms with Gasteiger partial charge in [-0.2, -0.15) is 0 Å². The molecule has 1 aliphatic rings. The molecule has 3 heteroatoms. The third kappa shape index (κ3) is 4.34. The van der Waals surface area contributed by atoms with Crippen LogP contribution in [0.1, 0.15) is 54.9 Å². The van der Waals surface area contributed by atoms with Gasteiger partial charge in [-0.25, -0.2) is 0 Å². The van der Waals surface area contributed by atoms with E-state index < -0.39 is 0 Å². The first kappa shape index (κ1) is 15.6. The maximum absolute atomic E-state index is 12.7. The molecular weight excluding hydrogens is 262 g/mol. The van der Waals surface area contributed by atoms with Crippen LogP contribution in [0.5, 0.6) is 0 Å². The molecule has 0 saturated carbocycles. The van der Waals surface area contributed by atoms with Gasteiger partial charge in [0, 0.05) is 30.1 Å². The van der Waals surface area contributed by atoms with Gasteiger partial charge < -0.3 is 10.0 Å². The number of carbonyl (C=O) groups is 1. The number of aliphatic hydroxyl groups is 1. The molecule has 0 aliphatic carbocycles. The number of aliphatic hydroxyl groups excluding tert-OH is 1. The summed E-state index contributed by atoms with van der Waals surface area (Å²) in [7, 11) is 0. The highest BCUT2D eigenvalue weighted by atomic mass is 16.2. The van der Waals surface area contributed by atoms with Gasteiger partial charge in [-0.05, 0) is 38.0 Å². The van der Waals surface area contributed by atoms with Crippen LogP contribution < -0.4 is 0 Å². The Balaban J connectivity index is 2.15. The molecule has 1 N–H and O–H groups in total. The predicted octanol–water partition coefficient (Wildman–Crippen LogP) is 2.83. The fourth-order valence-corrected chi connectivity index (χ4v) is 2.69. The lowest BCUT2D eigenvalue weighted by molar-refractivity contribution is 0.0698. The van der Waals surface area contributed by atoms with E-state index in [-0.39, 0.29) is 12.5 Å². The Labute approximate surface area is 127 Å². The van der Waals surface area contributed by atoms with E-state index in [0.29, 0.717) is 18.0 Å². The Kier molecular flexibility index (Phi) is 5.83. The van der Waals surface area contributed by atoms with Crippen LogP contribution in [0.4, 0.5) is 0 Å². The van der Waals surface area contributed by atoms with E-state index in [1.165, 1.54) is 12.8 Å². The fourth-order valence-electron chi connectivity index (χ4n) is 2.69. The van der Waals surface area contributed by atoms with Crippen LogP contribution in [0, 0.1) is 11.8 Å². The summed E-state index contributed by atoms with van der Waals surface area (Å²) < 4.78 is 0. The molecule has 2 rings (SSSR count). The number of nitrogens with zero attached hydrogens (tertiary/aromatic N) is 1. The van der Waals surface area contributed by atoms with Gasteiger partial charge in [0.2, 0.25) is 0 Å². The molecule has 112 valence electrons. The van der Waals surface area contributed by atoms with Crippen molar-refractivity contribution in [3.8, 4) is 11.8 Å². The highest BCUT2D eigenvalue weighted by molar-refractivity contribution is 5.94. The summed E-state index contributed by atoms with van der Waals surface area (Å²) in [5.74, 6) is 5.98. The fraction of sp³-hybridized carbons (Fsp3) is 0.500. The van der Waals surface area contributed by atoms with Crippen molar-refractivity contribution >= 4 is 5.91 Å². The summed E-state index contributed by atoms with van der Waals surface area (Å²) >= 11 is 0. The van der Waals surface area contributed by atoms with Gasteiger partial charge in [-0.1, -0.05) is 30.7 Å². The number of hydrogen-bond acceptors (Lipinski definition) is 2. The molecule has 21 heavy (non-hydrogen) atoms. The van der Waals surface area contributed by atoms with E-state index in [9.17, 15) is 4.79 Å². The van der Waals surface area contributed by atoms with E-state index in [0.717, 1.165) is 24.9 Å². The smallest absolute Gasteiger partial charge is 0.254 e. The van der Waals surface area contributed by atoms with Crippen LogP contribution in [0.15, 0.2) is 24.3 Å². The number of rotatable bonds is 2. The Hall–Kier alpha value is -1.79. The molecule has 1 aliphatic heterocycles. The zero-order chi connectivity index (χ0) is 15.1. The molecule has 0 spiro atoms. The van der Waals surface area contributed by atoms with E-state index in [1.54, 1.807) is 0 Å². The van der Waals surface area contributed by atoms with Crippen molar-refractivity contribution in [1.29, 1.82) is 0 Å². The minimum atomic E-state index is 0.0664. The van der Waals surface area contributed by atoms with Gasteiger partial charge in [0.15, 0.2) is 0 Å². The summed E-state index contributed by atoms with van der Waals surface area (Å²) in [6.45, 7) is 3.05. The van der Waals surface area contributed by atoms with Crippen molar-refractivity contribution in [2.75, 3.05) is 13.2 Å². The van der Waals surface area contributed by atoms with Crippen LogP contribution in [-0.2, 0) is 0 Å². The summed E-state index contributed by atoms with van der Waals surface area (Å²) in [6, 6.07) is 7.79. The highest BCUT2D eigenvalue weighted by Crippen LogP contribution is 2.19. The van der Waals surface area contributed by atoms with E-state index in [4.69, 9.17) is 5.11 Å². The van der Waals surface area contributed by atoms with Crippen LogP contribution in [0.25, 0.3) is 0 Å². The lowest BCUT2D eigenvalue weighted by Crippen LogP contribution is -2.38. The van der Waals surface area contributed by atoms with Crippen LogP contribution >= 0.6 is 0 Å². The molecule has 1 heterocycles. The van der Waals surface area contributed by atoms with E-state index >= 15 is 0 Å². The Morgan fingerprint density at radius 1 is 1.38 bits per heavy atom. The monoisotopic (exact) mass is 285 g/mol. The quantitative estimate of drug-likeness (QED) is 0.849. The molecule has 1 saturated heterocycles. The molecule has 1 fully saturated rings. The average molecular weight is 285 g/mol. The second-order valence-electron chi connectivity index (χ2n) is 5.55. The second kappa shape index (κ2) is 7.85. The van der Waals surface area contributed by atoms with E-state index in [1.807, 2.05) is 29.2 Å². The lowest BCUT2D eigenvalue weighted by Gasteiger charge is -2.27. The van der Waals surface area contributed by atoms with Crippen molar-refractivity contribution < 1.29 is 9.90 Å². The van der Waals surface area contributed by atoms with Gasteiger partial charge in [0.05, 0.1) is 6.61 Å². The second-order valence-corrected chi connectivity index (χ2v) is 5.55. The van der Waals surface area contributed by atoms with Gasteiger partial charge in [0.25, 0.3) is 5.91 Å². The summed E-state index contributed by atoms with van der Waals surface area (Å²) in [4.78, 5) is 14.7. The van der Waals surface area contributed by atoms with Gasteiger partial charge in [0.1, 0.15) is 0 Å². The Morgan fingerprint density at radius 3 is 3.05 bits per heavy atom. The number of amides is 1. The maximum atomic E-state index is 12.7. The highest BCUT2D eigenvalue weighted by Gasteiger charge is 2.22. The summed E-state index contributed by atoms with van der Waals surface area (Å²) in [5.41, 5.74) is 1.54. The topological polar surface area (TPSA) is 40.5 Å². The minimum Gasteiger partial charge on any atom is -0.395 e. The molecule has 1 atom stereocenters. The minimum absolute atomic E-state index is 0.0664. The van der Waals surface area contributed by atoms with Crippen LogP contribution in [0.3, 0.4) is 0 Å². The first-order valence-corrected chi connectivity index (χ1v) is 7.73. The van der Waals surface area contributed by atoms with Crippen LogP contribution in [0.2, 0.25) is 0 Å². The standard InChI is InChI=1S/C18H23NO2/c1-15-8-3-2-5-12-19(15)18(21)17-11-7-10-16(14-17)9-4-6-13-20/h7,10-11,14-15,20H,2-3,5-6,8,12-13H2,1H3. The number of hydrogen-bond donors (Lipinski definition) is 1. The first-order valence-electron chi connectivity index (χ1n) is 7.73. The maximum Gasteiger partial charge on any atom is 0.254 e. The van der Waals surface area contributed by atoms with Crippen LogP contribution in [-0.4, -0.2) is 35.1 Å². The molecule has 1 aromatic carbocycles. The number of benzene rings is 1.